The second-order valence-electron chi connectivity index (χ2n) is 20.5. The zero-order valence-corrected chi connectivity index (χ0v) is 45.4. The smallest absolute Gasteiger partial charge is 0.147 e. The van der Waals surface area contributed by atoms with Gasteiger partial charge in [0.1, 0.15) is 17.8 Å². The molecular weight excluding hydrogens is 952 g/mol. The summed E-state index contributed by atoms with van der Waals surface area (Å²) in [5, 5.41) is 3.71. The molecule has 2 heterocycles. The fraction of sp³-hybridized carbons (Fsp3) is 0.139. The van der Waals surface area contributed by atoms with Crippen LogP contribution in [0, 0.1) is 5.92 Å². The molecule has 0 saturated carbocycles. The predicted octanol–water partition coefficient (Wildman–Crippen LogP) is 18.4. The van der Waals surface area contributed by atoms with Gasteiger partial charge < -0.3 is 10.2 Å². The Morgan fingerprint density at radius 3 is 1.95 bits per heavy atom. The Balaban J connectivity index is 0.000000854. The van der Waals surface area contributed by atoms with Gasteiger partial charge in [-0.1, -0.05) is 221 Å². The van der Waals surface area contributed by atoms with Crippen LogP contribution in [0.5, 0.6) is 0 Å². The number of nitrogens with one attached hydrogen (secondary N) is 1. The van der Waals surface area contributed by atoms with Gasteiger partial charge in [-0.2, -0.15) is 0 Å². The van der Waals surface area contributed by atoms with E-state index in [0.717, 1.165) is 42.1 Å². The molecule has 8 aromatic rings. The van der Waals surface area contributed by atoms with E-state index in [1.165, 1.54) is 89.4 Å². The van der Waals surface area contributed by atoms with Gasteiger partial charge in [-0.15, -0.1) is 22.4 Å². The van der Waals surface area contributed by atoms with E-state index < -0.39 is 0 Å². The Bertz CT molecular complexity index is 3680. The van der Waals surface area contributed by atoms with Gasteiger partial charge in [-0.25, -0.2) is 9.98 Å². The van der Waals surface area contributed by atoms with Crippen molar-refractivity contribution in [2.75, 3.05) is 11.6 Å². The number of rotatable bonds is 10. The van der Waals surface area contributed by atoms with Crippen molar-refractivity contribution in [1.82, 2.24) is 5.32 Å². The summed E-state index contributed by atoms with van der Waals surface area (Å²) in [6.45, 7) is 13.6. The van der Waals surface area contributed by atoms with Crippen molar-refractivity contribution in [3.05, 3.63) is 295 Å². The summed E-state index contributed by atoms with van der Waals surface area (Å²) in [6, 6.07) is 71.3. The fourth-order valence-electron chi connectivity index (χ4n) is 11.6. The highest BCUT2D eigenvalue weighted by molar-refractivity contribution is 7.15. The fourth-order valence-corrected chi connectivity index (χ4v) is 11.6. The lowest BCUT2D eigenvalue weighted by molar-refractivity contribution is 0.658. The van der Waals surface area contributed by atoms with E-state index >= 15 is 0 Å². The van der Waals surface area contributed by atoms with E-state index in [4.69, 9.17) is 9.98 Å². The average Bonchev–Trinajstić information content (AvgIpc) is 3.97. The first-order valence-corrected chi connectivity index (χ1v) is 28.1. The number of anilines is 2. The quantitative estimate of drug-likeness (QED) is 0.110. The van der Waals surface area contributed by atoms with Crippen LogP contribution in [0.15, 0.2) is 272 Å². The number of amidine groups is 2. The molecule has 2 aliphatic heterocycles. The first-order chi connectivity index (χ1) is 37.8. The standard InChI is InChI=1S/C66H52N4.C5H8.CH5P/c1-66(2)59-27-13-12-26-55(59)56-40-50(32-35-60(56)66)44-28-30-45(31-29-44)51-33-36-61-57(41-51)58-42-52(34-37-62(58)70(61)54-25-15-23-49(39-54)43-16-6-3-7-17-43)48-22-14-24-53(38-48)65-68-63(46-18-8-4-9-19-46)67-64(69-65)47-20-10-5-11-21-47;1-3-5-4-2;1-2/h3-20,22-41,47,58,65H,21,42H2,1-2H3,(H,67,68,69);3-4H,1-2,5H2;2H2,1H3. The molecule has 8 aromatic carbocycles. The molecule has 378 valence electrons. The lowest BCUT2D eigenvalue weighted by Crippen LogP contribution is -2.35. The maximum absolute atomic E-state index is 5.28. The molecule has 0 radical (unpaired) electrons. The van der Waals surface area contributed by atoms with Crippen LogP contribution < -0.4 is 10.2 Å². The van der Waals surface area contributed by atoms with Crippen LogP contribution in [-0.2, 0) is 5.41 Å². The predicted molar refractivity (Wildman–Crippen MR) is 332 cm³/mol. The van der Waals surface area contributed by atoms with Crippen molar-refractivity contribution in [3.8, 4) is 44.5 Å². The summed E-state index contributed by atoms with van der Waals surface area (Å²) in [4.78, 5) is 12.9. The summed E-state index contributed by atoms with van der Waals surface area (Å²) in [6.07, 6.45) is 19.4. The van der Waals surface area contributed by atoms with E-state index in [9.17, 15) is 0 Å². The van der Waals surface area contributed by atoms with Crippen LogP contribution in [0.2, 0.25) is 0 Å². The number of nitrogens with zero attached hydrogens (tertiary/aromatic N) is 3. The van der Waals surface area contributed by atoms with Gasteiger partial charge in [-0.3, -0.25) is 0 Å². The normalized spacial score (nSPS) is 17.9. The maximum Gasteiger partial charge on any atom is 0.147 e. The third-order valence-electron chi connectivity index (χ3n) is 15.5. The minimum atomic E-state index is -0.266. The van der Waals surface area contributed by atoms with Gasteiger partial charge in [-0.05, 0) is 140 Å². The van der Waals surface area contributed by atoms with Crippen molar-refractivity contribution in [2.24, 2.45) is 15.9 Å². The molecule has 0 saturated heterocycles. The molecule has 5 aliphatic rings. The summed E-state index contributed by atoms with van der Waals surface area (Å²) < 4.78 is 0. The van der Waals surface area contributed by atoms with Gasteiger partial charge in [0.15, 0.2) is 0 Å². The van der Waals surface area contributed by atoms with Crippen LogP contribution in [0.4, 0.5) is 11.4 Å². The van der Waals surface area contributed by atoms with Crippen LogP contribution in [0.3, 0.4) is 0 Å². The highest BCUT2D eigenvalue weighted by Crippen LogP contribution is 2.54. The van der Waals surface area contributed by atoms with Crippen molar-refractivity contribution >= 4 is 37.9 Å². The maximum atomic E-state index is 5.28. The van der Waals surface area contributed by atoms with E-state index in [0.29, 0.717) is 0 Å². The number of benzene rings is 8. The highest BCUT2D eigenvalue weighted by atomic mass is 31.0. The number of fused-ring (bicyclic) bond motifs is 6. The van der Waals surface area contributed by atoms with Crippen molar-refractivity contribution in [1.29, 1.82) is 0 Å². The summed E-state index contributed by atoms with van der Waals surface area (Å²) >= 11 is 0. The molecule has 4 nitrogen and oxygen atoms in total. The molecule has 13 rings (SSSR count). The molecule has 0 aromatic heterocycles. The first-order valence-electron chi connectivity index (χ1n) is 26.9. The van der Waals surface area contributed by atoms with Crippen molar-refractivity contribution < 1.29 is 0 Å². The zero-order valence-electron chi connectivity index (χ0n) is 44.3. The lowest BCUT2D eigenvalue weighted by atomic mass is 9.82. The molecule has 0 spiro atoms. The molecule has 4 atom stereocenters. The summed E-state index contributed by atoms with van der Waals surface area (Å²) in [5.41, 5.74) is 22.6. The van der Waals surface area contributed by atoms with Gasteiger partial charge in [0.2, 0.25) is 0 Å². The molecular formula is C72H65N4P. The zero-order chi connectivity index (χ0) is 52.9. The van der Waals surface area contributed by atoms with Crippen molar-refractivity contribution in [3.63, 3.8) is 0 Å². The van der Waals surface area contributed by atoms with E-state index in [1.807, 2.05) is 24.9 Å². The SMILES string of the molecule is C=CCC=C.CC1(C)c2ccccc2-c2cc(-c3ccc(-c4ccc5c(c4)C4CC(c6cccc(C7N=C(C8C=CC=CC8)N=C(c8ccccc8)N7)c6)=CC=C4N5c4cccc(-c5ccccc5)c4)cc3)ccc21.CP. The first kappa shape index (κ1) is 50.7. The van der Waals surface area contributed by atoms with Gasteiger partial charge in [0.05, 0.1) is 0 Å². The Hall–Kier alpha value is -8.43. The molecule has 4 unspecified atom stereocenters. The van der Waals surface area contributed by atoms with E-state index in [2.05, 4.69) is 271 Å². The van der Waals surface area contributed by atoms with Gasteiger partial charge in [0, 0.05) is 39.9 Å². The van der Waals surface area contributed by atoms with E-state index in [-0.39, 0.29) is 23.4 Å². The minimum Gasteiger partial charge on any atom is -0.344 e. The average molecular weight is 1020 g/mol. The third-order valence-corrected chi connectivity index (χ3v) is 15.5. The summed E-state index contributed by atoms with van der Waals surface area (Å²) in [5.74, 6) is 2.02. The lowest BCUT2D eigenvalue weighted by Gasteiger charge is -2.28. The Morgan fingerprint density at radius 2 is 1.22 bits per heavy atom. The monoisotopic (exact) mass is 1020 g/mol. The topological polar surface area (TPSA) is 40.0 Å². The molecule has 0 bridgehead atoms. The van der Waals surface area contributed by atoms with Gasteiger partial charge >= 0.3 is 0 Å². The van der Waals surface area contributed by atoms with E-state index in [1.54, 1.807) is 0 Å². The van der Waals surface area contributed by atoms with Crippen LogP contribution in [0.25, 0.3) is 50.1 Å². The third kappa shape index (κ3) is 10.1. The molecule has 77 heavy (non-hydrogen) atoms. The van der Waals surface area contributed by atoms with Gasteiger partial charge in [0.25, 0.3) is 0 Å². The van der Waals surface area contributed by atoms with Crippen LogP contribution >= 0.6 is 9.24 Å². The number of hydrogen-bond donors (Lipinski definition) is 1. The molecule has 5 heteroatoms. The van der Waals surface area contributed by atoms with Crippen LogP contribution in [-0.4, -0.2) is 18.3 Å². The number of aliphatic imine (C=N–C) groups is 2. The summed E-state index contributed by atoms with van der Waals surface area (Å²) in [7, 11) is 2.42. The molecule has 1 N–H and O–H groups in total. The molecule has 0 fully saturated rings. The second-order valence-corrected chi connectivity index (χ2v) is 20.5. The Morgan fingerprint density at radius 1 is 0.597 bits per heavy atom. The molecule has 0 amide bonds. The van der Waals surface area contributed by atoms with Crippen molar-refractivity contribution in [2.45, 2.75) is 50.6 Å². The largest absolute Gasteiger partial charge is 0.344 e. The highest BCUT2D eigenvalue weighted by Gasteiger charge is 2.38. The number of allylic oxidation sites excluding steroid dienone is 9. The Kier molecular flexibility index (Phi) is 14.8. The van der Waals surface area contributed by atoms with Crippen LogP contribution in [0.1, 0.15) is 78.6 Å². The number of hydrogen-bond acceptors (Lipinski definition) is 4. The minimum absolute atomic E-state index is 0.00455. The molecule has 3 aliphatic carbocycles. The Labute approximate surface area is 458 Å². The second kappa shape index (κ2) is 22.4.